The Hall–Kier alpha value is -4.61. The first-order valence-corrected chi connectivity index (χ1v) is 19.9. The molecule has 1 saturated carbocycles. The quantitative estimate of drug-likeness (QED) is 0.0670. The van der Waals surface area contributed by atoms with Gasteiger partial charge in [-0.15, -0.1) is 0 Å². The molecule has 2 aliphatic rings. The molecule has 1 amide bonds. The second-order valence-electron chi connectivity index (χ2n) is 14.8. The lowest BCUT2D eigenvalue weighted by Gasteiger charge is -2.34. The van der Waals surface area contributed by atoms with Crippen molar-refractivity contribution in [1.29, 1.82) is 5.41 Å². The molecule has 1 aliphatic heterocycles. The number of carboxylic acids is 1. The fourth-order valence-electron chi connectivity index (χ4n) is 8.05. The number of hydrogen-bond donors (Lipinski definition) is 5. The molecule has 2 fully saturated rings. The highest BCUT2D eigenvalue weighted by atomic mass is 35.5. The van der Waals surface area contributed by atoms with E-state index in [4.69, 9.17) is 38.1 Å². The van der Waals surface area contributed by atoms with Gasteiger partial charge in [0.1, 0.15) is 11.5 Å². The van der Waals surface area contributed by atoms with Crippen LogP contribution in [-0.4, -0.2) is 68.0 Å². The second-order valence-corrected chi connectivity index (χ2v) is 15.6. The Morgan fingerprint density at radius 2 is 1.62 bits per heavy atom. The smallest absolute Gasteiger partial charge is 0.303 e. The summed E-state index contributed by atoms with van der Waals surface area (Å²) in [6, 6.07) is 22.3. The summed E-state index contributed by atoms with van der Waals surface area (Å²) in [5.74, 6) is 1.14. The van der Waals surface area contributed by atoms with Gasteiger partial charge in [0.05, 0.1) is 19.2 Å². The van der Waals surface area contributed by atoms with E-state index in [1.807, 2.05) is 66.7 Å². The van der Waals surface area contributed by atoms with Gasteiger partial charge in [0.15, 0.2) is 0 Å². The second kappa shape index (κ2) is 19.0. The molecular formula is C44H51Cl2N5O5. The first-order valence-electron chi connectivity index (χ1n) is 19.2. The van der Waals surface area contributed by atoms with Gasteiger partial charge in [-0.1, -0.05) is 65.7 Å². The summed E-state index contributed by atoms with van der Waals surface area (Å²) in [5, 5.41) is 28.7. The Morgan fingerprint density at radius 1 is 0.911 bits per heavy atom. The van der Waals surface area contributed by atoms with Gasteiger partial charge >= 0.3 is 5.97 Å². The molecule has 296 valence electrons. The van der Waals surface area contributed by atoms with Crippen LogP contribution in [0.25, 0.3) is 22.3 Å². The Bertz CT molecular complexity index is 2050. The predicted octanol–water partition coefficient (Wildman–Crippen LogP) is 8.79. The highest BCUT2D eigenvalue weighted by molar-refractivity contribution is 6.36. The van der Waals surface area contributed by atoms with Crippen molar-refractivity contribution in [3.8, 4) is 33.8 Å². The summed E-state index contributed by atoms with van der Waals surface area (Å²) in [5.41, 5.74) is 7.71. The minimum Gasteiger partial charge on any atom is -0.496 e. The summed E-state index contributed by atoms with van der Waals surface area (Å²) in [6.45, 7) is 2.38. The lowest BCUT2D eigenvalue weighted by Crippen LogP contribution is -2.35. The van der Waals surface area contributed by atoms with E-state index in [1.165, 1.54) is 6.21 Å². The van der Waals surface area contributed by atoms with E-state index in [2.05, 4.69) is 27.9 Å². The maximum atomic E-state index is 11.6. The third kappa shape index (κ3) is 9.84. The minimum absolute atomic E-state index is 0.105. The molecule has 1 unspecified atom stereocenters. The molecule has 10 nitrogen and oxygen atoms in total. The molecule has 0 aromatic heterocycles. The Morgan fingerprint density at radius 3 is 2.32 bits per heavy atom. The number of ether oxygens (including phenoxy) is 2. The van der Waals surface area contributed by atoms with Gasteiger partial charge in [-0.2, -0.15) is 0 Å². The van der Waals surface area contributed by atoms with Gasteiger partial charge in [0, 0.05) is 95.8 Å². The highest BCUT2D eigenvalue weighted by Gasteiger charge is 2.26. The number of rotatable bonds is 17. The van der Waals surface area contributed by atoms with Crippen molar-refractivity contribution < 1.29 is 24.2 Å². The number of carbonyl (C=O) groups excluding carboxylic acids is 1. The Labute approximate surface area is 339 Å². The minimum atomic E-state index is -0.717. The molecular weight excluding hydrogens is 749 g/mol. The molecule has 4 aromatic carbocycles. The van der Waals surface area contributed by atoms with Gasteiger partial charge in [0.2, 0.25) is 5.91 Å². The fourth-order valence-corrected chi connectivity index (χ4v) is 8.64. The van der Waals surface area contributed by atoms with Crippen molar-refractivity contribution in [1.82, 2.24) is 15.5 Å². The molecule has 1 aliphatic carbocycles. The number of methoxy groups -OCH3 is 2. The number of anilines is 1. The van der Waals surface area contributed by atoms with Crippen LogP contribution in [0.1, 0.15) is 67.2 Å². The summed E-state index contributed by atoms with van der Waals surface area (Å²) in [7, 11) is 5.42. The summed E-state index contributed by atoms with van der Waals surface area (Å²) >= 11 is 14.1. The lowest BCUT2D eigenvalue weighted by atomic mass is 9.83. The van der Waals surface area contributed by atoms with Crippen molar-refractivity contribution in [2.75, 3.05) is 33.1 Å². The molecule has 0 bridgehead atoms. The van der Waals surface area contributed by atoms with Crippen LogP contribution >= 0.6 is 23.2 Å². The van der Waals surface area contributed by atoms with E-state index in [0.717, 1.165) is 88.2 Å². The molecule has 1 atom stereocenters. The normalized spacial score (nSPS) is 18.1. The van der Waals surface area contributed by atoms with E-state index in [1.54, 1.807) is 14.2 Å². The number of carbonyl (C=O) groups is 2. The van der Waals surface area contributed by atoms with Crippen molar-refractivity contribution in [2.45, 2.75) is 76.7 Å². The highest BCUT2D eigenvalue weighted by Crippen LogP contribution is 2.41. The number of benzene rings is 4. The number of nitrogens with one attached hydrogen (secondary N) is 4. The molecule has 56 heavy (non-hydrogen) atoms. The van der Waals surface area contributed by atoms with E-state index in [0.29, 0.717) is 54.3 Å². The van der Waals surface area contributed by atoms with Gasteiger partial charge in [-0.3, -0.25) is 14.5 Å². The third-order valence-electron chi connectivity index (χ3n) is 11.2. The van der Waals surface area contributed by atoms with Crippen molar-refractivity contribution in [2.24, 2.45) is 5.92 Å². The van der Waals surface area contributed by atoms with Crippen LogP contribution in [0.4, 0.5) is 5.69 Å². The number of aliphatic carboxylic acids is 1. The summed E-state index contributed by atoms with van der Waals surface area (Å²) in [6.07, 6.45) is 6.81. The van der Waals surface area contributed by atoms with E-state index >= 15 is 0 Å². The standard InChI is InChI=1S/C44H51Cl2N5O5/c1-51(33-15-10-27(11-16-33)18-43(53)54)26-31-19-38(45)30(21-41(31)56-3)24-49-39-9-5-7-35(37(39)22-47)36-8-4-6-34(44(36)46)28-12-13-29(40(20-28)55-2)23-48-25-32-14-17-42(52)50-32/h4-9,12-13,19-22,27,32-33,47-49H,10-11,14-18,23-26H2,1-3H3,(H,50,52)(H,53,54). The predicted molar refractivity (Wildman–Crippen MR) is 224 cm³/mol. The Balaban J connectivity index is 1.15. The van der Waals surface area contributed by atoms with Gasteiger partial charge in [-0.05, 0) is 86.0 Å². The molecule has 4 aromatic rings. The maximum absolute atomic E-state index is 11.6. The summed E-state index contributed by atoms with van der Waals surface area (Å²) in [4.78, 5) is 25.0. The summed E-state index contributed by atoms with van der Waals surface area (Å²) < 4.78 is 11.6. The zero-order valence-electron chi connectivity index (χ0n) is 32.2. The van der Waals surface area contributed by atoms with Crippen molar-refractivity contribution >= 4 is 47.0 Å². The number of nitrogens with zero attached hydrogens (tertiary/aromatic N) is 1. The molecule has 0 spiro atoms. The maximum Gasteiger partial charge on any atom is 0.303 e. The van der Waals surface area contributed by atoms with Crippen LogP contribution in [0.2, 0.25) is 10.0 Å². The molecule has 6 rings (SSSR count). The first kappa shape index (κ1) is 41.0. The molecule has 1 saturated heterocycles. The van der Waals surface area contributed by atoms with Crippen LogP contribution in [0.5, 0.6) is 11.5 Å². The monoisotopic (exact) mass is 799 g/mol. The van der Waals surface area contributed by atoms with E-state index in [9.17, 15) is 14.7 Å². The largest absolute Gasteiger partial charge is 0.496 e. The molecule has 5 N–H and O–H groups in total. The first-order chi connectivity index (χ1) is 27.1. The topological polar surface area (TPSA) is 136 Å². The van der Waals surface area contributed by atoms with Crippen LogP contribution in [0.3, 0.4) is 0 Å². The van der Waals surface area contributed by atoms with Crippen LogP contribution in [0.15, 0.2) is 66.7 Å². The van der Waals surface area contributed by atoms with Crippen LogP contribution in [0, 0.1) is 11.3 Å². The number of carboxylic acid groups (broad SMARTS) is 1. The van der Waals surface area contributed by atoms with E-state index < -0.39 is 5.97 Å². The van der Waals surface area contributed by atoms with Crippen molar-refractivity contribution in [3.63, 3.8) is 0 Å². The van der Waals surface area contributed by atoms with Crippen LogP contribution < -0.4 is 25.4 Å². The third-order valence-corrected chi connectivity index (χ3v) is 11.9. The van der Waals surface area contributed by atoms with Gasteiger partial charge in [-0.25, -0.2) is 0 Å². The SMILES string of the molecule is COc1cc(-c2cccc(-c3cccc(NCc4cc(OC)c(CN(C)C5CCC(CC(=O)O)CC5)cc4Cl)c3C=N)c2Cl)ccc1CNCC1CCC(=O)N1. The lowest BCUT2D eigenvalue weighted by molar-refractivity contribution is -0.138. The zero-order chi connectivity index (χ0) is 39.8. The number of halogens is 2. The fraction of sp³-hybridized carbons (Fsp3) is 0.386. The number of amides is 1. The zero-order valence-corrected chi connectivity index (χ0v) is 33.7. The number of hydrogen-bond acceptors (Lipinski definition) is 8. The molecule has 1 heterocycles. The average molecular weight is 801 g/mol. The molecule has 0 radical (unpaired) electrons. The molecule has 12 heteroatoms. The Kier molecular flexibility index (Phi) is 13.9. The van der Waals surface area contributed by atoms with Crippen molar-refractivity contribution in [3.05, 3.63) is 99.0 Å². The van der Waals surface area contributed by atoms with E-state index in [-0.39, 0.29) is 24.3 Å². The van der Waals surface area contributed by atoms with Crippen LogP contribution in [-0.2, 0) is 29.2 Å². The van der Waals surface area contributed by atoms with Gasteiger partial charge < -0.3 is 35.9 Å². The average Bonchev–Trinajstić information content (AvgIpc) is 3.62. The van der Waals surface area contributed by atoms with Gasteiger partial charge in [0.25, 0.3) is 0 Å².